The molecule has 0 saturated carbocycles. The highest BCUT2D eigenvalue weighted by Crippen LogP contribution is 2.38. The summed E-state index contributed by atoms with van der Waals surface area (Å²) in [5, 5.41) is 11.8. The number of halogens is 1. The molecule has 2 aliphatic rings. The van der Waals surface area contributed by atoms with Crippen molar-refractivity contribution in [3.63, 3.8) is 0 Å². The summed E-state index contributed by atoms with van der Waals surface area (Å²) in [4.78, 5) is 2.41. The van der Waals surface area contributed by atoms with Crippen LogP contribution in [0, 0.1) is 0 Å². The first-order chi connectivity index (χ1) is 17.6. The number of ether oxygens (including phenoxy) is 3. The molecule has 3 heterocycles. The van der Waals surface area contributed by atoms with E-state index >= 15 is 0 Å². The van der Waals surface area contributed by atoms with Crippen molar-refractivity contribution in [1.82, 2.24) is 9.47 Å². The number of fused-ring (bicyclic) bond motifs is 2. The Morgan fingerprint density at radius 1 is 0.917 bits per heavy atom. The third-order valence-electron chi connectivity index (χ3n) is 7.02. The average molecular weight is 505 g/mol. The quantitative estimate of drug-likeness (QED) is 0.354. The smallest absolute Gasteiger partial charge is 0.231 e. The number of benzene rings is 3. The van der Waals surface area contributed by atoms with Gasteiger partial charge in [-0.1, -0.05) is 41.9 Å². The first kappa shape index (κ1) is 23.2. The second-order valence-electron chi connectivity index (χ2n) is 9.54. The summed E-state index contributed by atoms with van der Waals surface area (Å²) in [6, 6.07) is 20.3. The van der Waals surface area contributed by atoms with E-state index in [-0.39, 0.29) is 12.9 Å². The monoisotopic (exact) mass is 504 g/mol. The van der Waals surface area contributed by atoms with Crippen LogP contribution in [0.3, 0.4) is 0 Å². The van der Waals surface area contributed by atoms with E-state index < -0.39 is 0 Å². The van der Waals surface area contributed by atoms with E-state index in [2.05, 4.69) is 39.9 Å². The van der Waals surface area contributed by atoms with Gasteiger partial charge in [-0.2, -0.15) is 0 Å². The zero-order valence-corrected chi connectivity index (χ0v) is 20.8. The lowest BCUT2D eigenvalue weighted by molar-refractivity contribution is 0.0794. The molecule has 1 fully saturated rings. The number of aliphatic hydroxyl groups is 1. The number of rotatable bonds is 7. The summed E-state index contributed by atoms with van der Waals surface area (Å²) in [5.74, 6) is 2.27. The topological polar surface area (TPSA) is 56.1 Å². The van der Waals surface area contributed by atoms with Crippen LogP contribution in [0.15, 0.2) is 66.9 Å². The normalized spacial score (nSPS) is 16.1. The van der Waals surface area contributed by atoms with E-state index in [0.717, 1.165) is 60.6 Å². The van der Waals surface area contributed by atoms with E-state index in [9.17, 15) is 5.11 Å². The molecule has 0 aliphatic carbocycles. The highest BCUT2D eigenvalue weighted by molar-refractivity contribution is 6.31. The number of hydrogen-bond acceptors (Lipinski definition) is 5. The third-order valence-corrected chi connectivity index (χ3v) is 7.37. The van der Waals surface area contributed by atoms with Gasteiger partial charge in [-0.05, 0) is 53.8 Å². The van der Waals surface area contributed by atoms with E-state index in [1.54, 1.807) is 0 Å². The molecule has 186 valence electrons. The predicted molar refractivity (Wildman–Crippen MR) is 140 cm³/mol. The van der Waals surface area contributed by atoms with Gasteiger partial charge in [-0.15, -0.1) is 0 Å². The molecule has 6 nitrogen and oxygen atoms in total. The van der Waals surface area contributed by atoms with Gasteiger partial charge in [0.05, 0.1) is 6.10 Å². The Kier molecular flexibility index (Phi) is 6.48. The number of likely N-dealkylation sites (tertiary alicyclic amines) is 1. The summed E-state index contributed by atoms with van der Waals surface area (Å²) < 4.78 is 19.4. The fourth-order valence-electron chi connectivity index (χ4n) is 5.02. The van der Waals surface area contributed by atoms with Crippen molar-refractivity contribution < 1.29 is 19.3 Å². The molecule has 0 radical (unpaired) electrons. The summed E-state index contributed by atoms with van der Waals surface area (Å²) in [5.41, 5.74) is 4.49. The Hall–Kier alpha value is -3.19. The molecule has 2 aliphatic heterocycles. The molecule has 0 bridgehead atoms. The molecule has 3 aromatic carbocycles. The molecule has 1 aromatic heterocycles. The minimum absolute atomic E-state index is 0.186. The summed E-state index contributed by atoms with van der Waals surface area (Å²) >= 11 is 6.61. The molecule has 0 amide bonds. The molecular formula is C29H29ClN2O4. The molecule has 4 aromatic rings. The second kappa shape index (κ2) is 10.1. The van der Waals surface area contributed by atoms with E-state index in [4.69, 9.17) is 25.8 Å². The molecule has 0 atom stereocenters. The molecule has 6 rings (SSSR count). The lowest BCUT2D eigenvalue weighted by Crippen LogP contribution is -2.35. The van der Waals surface area contributed by atoms with Crippen LogP contribution in [0.5, 0.6) is 17.2 Å². The molecule has 7 heteroatoms. The molecule has 0 spiro atoms. The van der Waals surface area contributed by atoms with Crippen molar-refractivity contribution in [1.29, 1.82) is 0 Å². The second-order valence-corrected chi connectivity index (χ2v) is 9.95. The van der Waals surface area contributed by atoms with Gasteiger partial charge >= 0.3 is 0 Å². The third kappa shape index (κ3) is 4.89. The van der Waals surface area contributed by atoms with Gasteiger partial charge in [0, 0.05) is 54.4 Å². The minimum Gasteiger partial charge on any atom is -0.489 e. The molecule has 1 saturated heterocycles. The Bertz CT molecular complexity index is 1360. The zero-order valence-electron chi connectivity index (χ0n) is 20.0. The highest BCUT2D eigenvalue weighted by Gasteiger charge is 2.21. The van der Waals surface area contributed by atoms with Crippen LogP contribution in [-0.2, 0) is 19.7 Å². The summed E-state index contributed by atoms with van der Waals surface area (Å²) in [7, 11) is 0. The summed E-state index contributed by atoms with van der Waals surface area (Å²) in [6.07, 6.45) is 3.67. The Morgan fingerprint density at radius 2 is 1.69 bits per heavy atom. The van der Waals surface area contributed by atoms with Crippen LogP contribution >= 0.6 is 11.6 Å². The van der Waals surface area contributed by atoms with Gasteiger partial charge in [-0.25, -0.2) is 0 Å². The van der Waals surface area contributed by atoms with E-state index in [0.29, 0.717) is 23.9 Å². The first-order valence-electron chi connectivity index (χ1n) is 12.4. The van der Waals surface area contributed by atoms with Gasteiger partial charge in [0.2, 0.25) is 6.79 Å². The molecule has 0 unspecified atom stereocenters. The van der Waals surface area contributed by atoms with Gasteiger partial charge in [-0.3, -0.25) is 4.90 Å². The van der Waals surface area contributed by atoms with Crippen molar-refractivity contribution in [2.45, 2.75) is 38.6 Å². The van der Waals surface area contributed by atoms with Gasteiger partial charge in [0.15, 0.2) is 11.5 Å². The molecule has 36 heavy (non-hydrogen) atoms. The maximum absolute atomic E-state index is 9.94. The number of piperidine rings is 1. The number of nitrogens with zero attached hydrogens (tertiary/aromatic N) is 2. The average Bonchev–Trinajstić information content (AvgIpc) is 3.49. The lowest BCUT2D eigenvalue weighted by Gasteiger charge is -2.29. The van der Waals surface area contributed by atoms with Crippen LogP contribution in [0.1, 0.15) is 29.5 Å². The van der Waals surface area contributed by atoms with Crippen molar-refractivity contribution in [3.05, 3.63) is 88.6 Å². The van der Waals surface area contributed by atoms with E-state index in [1.807, 2.05) is 36.4 Å². The van der Waals surface area contributed by atoms with Crippen molar-refractivity contribution in [3.8, 4) is 17.2 Å². The Morgan fingerprint density at radius 3 is 2.50 bits per heavy atom. The SMILES string of the molecule is OC1CCN(Cc2cn(Cc3cc4c(cc3Cl)OCO4)c3ccc(OCc4ccccc4)cc23)CC1. The predicted octanol–water partition coefficient (Wildman–Crippen LogP) is 5.61. The Balaban J connectivity index is 1.31. The standard InChI is InChI=1S/C29H29ClN2O4/c30-26-14-29-28(35-19-36-29)12-21(26)16-32-17-22(15-31-10-8-23(33)9-11-31)25-13-24(6-7-27(25)32)34-18-20-4-2-1-3-5-20/h1-7,12-14,17,23,33H,8-11,15-16,18-19H2. The molecular weight excluding hydrogens is 476 g/mol. The fourth-order valence-corrected chi connectivity index (χ4v) is 5.23. The van der Waals surface area contributed by atoms with Crippen molar-refractivity contribution >= 4 is 22.5 Å². The fraction of sp³-hybridized carbons (Fsp3) is 0.310. The number of aliphatic hydroxyl groups excluding tert-OH is 1. The first-order valence-corrected chi connectivity index (χ1v) is 12.8. The van der Waals surface area contributed by atoms with Gasteiger partial charge in [0.25, 0.3) is 0 Å². The van der Waals surface area contributed by atoms with Gasteiger partial charge < -0.3 is 23.9 Å². The molecule has 1 N–H and O–H groups in total. The Labute approximate surface area is 215 Å². The number of aromatic nitrogens is 1. The largest absolute Gasteiger partial charge is 0.489 e. The van der Waals surface area contributed by atoms with Crippen LogP contribution < -0.4 is 14.2 Å². The maximum atomic E-state index is 9.94. The van der Waals surface area contributed by atoms with Gasteiger partial charge in [0.1, 0.15) is 12.4 Å². The highest BCUT2D eigenvalue weighted by atomic mass is 35.5. The summed E-state index contributed by atoms with van der Waals surface area (Å²) in [6.45, 7) is 3.99. The number of hydrogen-bond donors (Lipinski definition) is 1. The lowest BCUT2D eigenvalue weighted by atomic mass is 10.1. The maximum Gasteiger partial charge on any atom is 0.231 e. The van der Waals surface area contributed by atoms with Crippen molar-refractivity contribution in [2.75, 3.05) is 19.9 Å². The van der Waals surface area contributed by atoms with Crippen LogP contribution in [0.25, 0.3) is 10.9 Å². The zero-order chi connectivity index (χ0) is 24.5. The van der Waals surface area contributed by atoms with E-state index in [1.165, 1.54) is 10.9 Å². The van der Waals surface area contributed by atoms with Crippen molar-refractivity contribution in [2.24, 2.45) is 0 Å². The van der Waals surface area contributed by atoms with Crippen LogP contribution in [0.2, 0.25) is 5.02 Å². The van der Waals surface area contributed by atoms with Crippen LogP contribution in [0.4, 0.5) is 0 Å². The minimum atomic E-state index is -0.186. The van der Waals surface area contributed by atoms with Crippen LogP contribution in [-0.4, -0.2) is 40.6 Å².